The van der Waals surface area contributed by atoms with E-state index in [2.05, 4.69) is 10.6 Å². The molecule has 1 unspecified atom stereocenters. The number of para-hydroxylation sites is 1. The Labute approximate surface area is 133 Å². The summed E-state index contributed by atoms with van der Waals surface area (Å²) in [7, 11) is 0. The van der Waals surface area contributed by atoms with Crippen LogP contribution in [-0.2, 0) is 4.79 Å². The summed E-state index contributed by atoms with van der Waals surface area (Å²) in [4.78, 5) is 12.3. The molecule has 2 aromatic carbocycles. The van der Waals surface area contributed by atoms with Gasteiger partial charge in [0.15, 0.2) is 0 Å². The first-order valence-corrected chi connectivity index (χ1v) is 7.32. The number of rotatable bonds is 3. The molecule has 1 atom stereocenters. The van der Waals surface area contributed by atoms with E-state index in [1.807, 2.05) is 30.3 Å². The molecule has 0 aliphatic carbocycles. The molecule has 0 radical (unpaired) electrons. The average Bonchev–Trinajstić information content (AvgIpc) is 2.53. The van der Waals surface area contributed by atoms with Crippen molar-refractivity contribution in [2.75, 3.05) is 5.32 Å². The average molecular weight is 315 g/mol. The Morgan fingerprint density at radius 3 is 2.45 bits per heavy atom. The number of benzene rings is 2. The summed E-state index contributed by atoms with van der Waals surface area (Å²) in [5, 5.41) is 16.5. The lowest BCUT2D eigenvalue weighted by molar-refractivity contribution is -0.118. The molecule has 3 rings (SSSR count). The maximum absolute atomic E-state index is 12.3. The SMILES string of the molecule is O=C1NC(c2ccccc2)CC(O)=C1Nc1ccccc1Cl. The van der Waals surface area contributed by atoms with Gasteiger partial charge in [-0.1, -0.05) is 54.1 Å². The van der Waals surface area contributed by atoms with Crippen LogP contribution in [0.5, 0.6) is 0 Å². The molecule has 1 heterocycles. The second-order valence-corrected chi connectivity index (χ2v) is 5.47. The fourth-order valence-electron chi connectivity index (χ4n) is 2.42. The molecule has 1 aliphatic rings. The van der Waals surface area contributed by atoms with Crippen LogP contribution in [0.2, 0.25) is 5.02 Å². The van der Waals surface area contributed by atoms with Crippen molar-refractivity contribution in [3.8, 4) is 0 Å². The van der Waals surface area contributed by atoms with E-state index in [9.17, 15) is 9.90 Å². The molecule has 112 valence electrons. The summed E-state index contributed by atoms with van der Waals surface area (Å²) < 4.78 is 0. The number of halogens is 1. The van der Waals surface area contributed by atoms with E-state index >= 15 is 0 Å². The summed E-state index contributed by atoms with van der Waals surface area (Å²) in [5.41, 5.74) is 1.68. The number of hydrogen-bond acceptors (Lipinski definition) is 3. The predicted molar refractivity (Wildman–Crippen MR) is 86.7 cm³/mol. The summed E-state index contributed by atoms with van der Waals surface area (Å²) in [5.74, 6) is -0.324. The van der Waals surface area contributed by atoms with Crippen molar-refractivity contribution in [3.05, 3.63) is 76.6 Å². The lowest BCUT2D eigenvalue weighted by Crippen LogP contribution is -2.37. The van der Waals surface area contributed by atoms with Crippen LogP contribution in [0.3, 0.4) is 0 Å². The van der Waals surface area contributed by atoms with Crippen LogP contribution < -0.4 is 10.6 Å². The first-order chi connectivity index (χ1) is 10.6. The molecule has 0 saturated carbocycles. The number of nitrogens with one attached hydrogen (secondary N) is 2. The van der Waals surface area contributed by atoms with Gasteiger partial charge in [0.05, 0.1) is 16.8 Å². The van der Waals surface area contributed by atoms with Crippen LogP contribution in [0.25, 0.3) is 0 Å². The van der Waals surface area contributed by atoms with Gasteiger partial charge in [-0.15, -0.1) is 0 Å². The summed E-state index contributed by atoms with van der Waals surface area (Å²) in [6.07, 6.45) is 0.336. The van der Waals surface area contributed by atoms with Crippen LogP contribution in [0.1, 0.15) is 18.0 Å². The number of hydrogen-bond donors (Lipinski definition) is 3. The Balaban J connectivity index is 1.84. The molecule has 2 aromatic rings. The third-order valence-electron chi connectivity index (χ3n) is 3.55. The van der Waals surface area contributed by atoms with Gasteiger partial charge in [0.1, 0.15) is 11.5 Å². The van der Waals surface area contributed by atoms with Gasteiger partial charge >= 0.3 is 0 Å². The standard InChI is InChI=1S/C17H15ClN2O2/c18-12-8-4-5-9-13(12)19-16-15(21)10-14(20-17(16)22)11-6-2-1-3-7-11/h1-9,14,19,21H,10H2,(H,20,22). The van der Waals surface area contributed by atoms with E-state index in [4.69, 9.17) is 11.6 Å². The summed E-state index contributed by atoms with van der Waals surface area (Å²) >= 11 is 6.07. The Morgan fingerprint density at radius 1 is 1.09 bits per heavy atom. The smallest absolute Gasteiger partial charge is 0.271 e. The molecular formula is C17H15ClN2O2. The second-order valence-electron chi connectivity index (χ2n) is 5.07. The summed E-state index contributed by atoms with van der Waals surface area (Å²) in [6, 6.07) is 16.4. The van der Waals surface area contributed by atoms with Gasteiger partial charge in [-0.3, -0.25) is 4.79 Å². The van der Waals surface area contributed by atoms with Crippen LogP contribution in [0.15, 0.2) is 66.1 Å². The highest BCUT2D eigenvalue weighted by atomic mass is 35.5. The number of carbonyl (C=O) groups excluding carboxylic acids is 1. The molecule has 0 bridgehead atoms. The van der Waals surface area contributed by atoms with E-state index in [1.165, 1.54) is 0 Å². The maximum atomic E-state index is 12.3. The third kappa shape index (κ3) is 2.92. The van der Waals surface area contributed by atoms with Crippen molar-refractivity contribution in [2.24, 2.45) is 0 Å². The van der Waals surface area contributed by atoms with Gasteiger partial charge in [-0.05, 0) is 17.7 Å². The molecule has 5 heteroatoms. The predicted octanol–water partition coefficient (Wildman–Crippen LogP) is 3.78. The molecule has 4 nitrogen and oxygen atoms in total. The van der Waals surface area contributed by atoms with Gasteiger partial charge in [-0.25, -0.2) is 0 Å². The minimum atomic E-state index is -0.350. The van der Waals surface area contributed by atoms with Crippen LogP contribution >= 0.6 is 11.6 Å². The zero-order chi connectivity index (χ0) is 15.5. The van der Waals surface area contributed by atoms with Crippen molar-refractivity contribution in [1.82, 2.24) is 5.32 Å². The van der Waals surface area contributed by atoms with Crippen LogP contribution in [0.4, 0.5) is 5.69 Å². The Hall–Kier alpha value is -2.46. The number of aliphatic hydroxyl groups is 1. The zero-order valence-electron chi connectivity index (χ0n) is 11.7. The van der Waals surface area contributed by atoms with E-state index in [0.29, 0.717) is 17.1 Å². The van der Waals surface area contributed by atoms with E-state index in [0.717, 1.165) is 5.56 Å². The van der Waals surface area contributed by atoms with Gasteiger partial charge in [0, 0.05) is 6.42 Å². The number of anilines is 1. The van der Waals surface area contributed by atoms with Crippen LogP contribution in [0, 0.1) is 0 Å². The lowest BCUT2D eigenvalue weighted by Gasteiger charge is -2.26. The minimum Gasteiger partial charge on any atom is -0.510 e. The minimum absolute atomic E-state index is 0.0255. The zero-order valence-corrected chi connectivity index (χ0v) is 12.5. The number of amides is 1. The van der Waals surface area contributed by atoms with Gasteiger partial charge in [-0.2, -0.15) is 0 Å². The first-order valence-electron chi connectivity index (χ1n) is 6.94. The quantitative estimate of drug-likeness (QED) is 0.808. The highest BCUT2D eigenvalue weighted by Gasteiger charge is 2.28. The molecule has 1 amide bonds. The van der Waals surface area contributed by atoms with Gasteiger partial charge < -0.3 is 15.7 Å². The fourth-order valence-corrected chi connectivity index (χ4v) is 2.60. The molecular weight excluding hydrogens is 300 g/mol. The number of aliphatic hydroxyl groups excluding tert-OH is 1. The monoisotopic (exact) mass is 314 g/mol. The van der Waals surface area contributed by atoms with Gasteiger partial charge in [0.25, 0.3) is 5.91 Å². The molecule has 0 fully saturated rings. The molecule has 1 aliphatic heterocycles. The van der Waals surface area contributed by atoms with E-state index in [1.54, 1.807) is 24.3 Å². The Kier molecular flexibility index (Phi) is 4.02. The highest BCUT2D eigenvalue weighted by Crippen LogP contribution is 2.29. The normalized spacial score (nSPS) is 18.0. The summed E-state index contributed by atoms with van der Waals surface area (Å²) in [6.45, 7) is 0. The molecule has 0 aromatic heterocycles. The molecule has 22 heavy (non-hydrogen) atoms. The Morgan fingerprint density at radius 2 is 1.77 bits per heavy atom. The van der Waals surface area contributed by atoms with Crippen molar-refractivity contribution in [2.45, 2.75) is 12.5 Å². The fraction of sp³-hybridized carbons (Fsp3) is 0.118. The van der Waals surface area contributed by atoms with E-state index in [-0.39, 0.29) is 23.4 Å². The van der Waals surface area contributed by atoms with Crippen molar-refractivity contribution < 1.29 is 9.90 Å². The largest absolute Gasteiger partial charge is 0.510 e. The number of carbonyl (C=O) groups is 1. The van der Waals surface area contributed by atoms with Gasteiger partial charge in [0.2, 0.25) is 0 Å². The molecule has 0 saturated heterocycles. The maximum Gasteiger partial charge on any atom is 0.271 e. The van der Waals surface area contributed by atoms with Crippen LogP contribution in [-0.4, -0.2) is 11.0 Å². The Bertz CT molecular complexity index is 728. The second kappa shape index (κ2) is 6.12. The first kappa shape index (κ1) is 14.5. The third-order valence-corrected chi connectivity index (χ3v) is 3.88. The van der Waals surface area contributed by atoms with E-state index < -0.39 is 0 Å². The highest BCUT2D eigenvalue weighted by molar-refractivity contribution is 6.33. The van der Waals surface area contributed by atoms with Crippen molar-refractivity contribution >= 4 is 23.2 Å². The molecule has 0 spiro atoms. The van der Waals surface area contributed by atoms with Crippen molar-refractivity contribution in [1.29, 1.82) is 0 Å². The topological polar surface area (TPSA) is 61.4 Å². The lowest BCUT2D eigenvalue weighted by atomic mass is 9.98. The van der Waals surface area contributed by atoms with Crippen molar-refractivity contribution in [3.63, 3.8) is 0 Å². The molecule has 3 N–H and O–H groups in total.